The van der Waals surface area contributed by atoms with E-state index in [0.717, 1.165) is 12.8 Å². The van der Waals surface area contributed by atoms with Crippen molar-refractivity contribution < 1.29 is 9.18 Å². The summed E-state index contributed by atoms with van der Waals surface area (Å²) in [6.45, 7) is 2.22. The monoisotopic (exact) mass is 350 g/mol. The van der Waals surface area contributed by atoms with Crippen molar-refractivity contribution in [1.82, 2.24) is 5.43 Å². The fraction of sp³-hybridized carbons (Fsp3) is 0.294. The average molecular weight is 351 g/mol. The molecule has 0 saturated carbocycles. The van der Waals surface area contributed by atoms with Crippen LogP contribution in [-0.4, -0.2) is 12.1 Å². The molecule has 3 rings (SSSR count). The topological polar surface area (TPSA) is 41.5 Å². The smallest absolute Gasteiger partial charge is 0.266 e. The van der Waals surface area contributed by atoms with Gasteiger partial charge in [-0.3, -0.25) is 4.79 Å². The molecule has 1 aliphatic rings. The lowest BCUT2D eigenvalue weighted by molar-refractivity contribution is 0.0959. The van der Waals surface area contributed by atoms with Gasteiger partial charge in [-0.25, -0.2) is 9.82 Å². The Labute approximate surface area is 143 Å². The normalized spacial score (nSPS) is 17.3. The second-order valence-corrected chi connectivity index (χ2v) is 7.29. The molecule has 1 atom stereocenters. The van der Waals surface area contributed by atoms with Gasteiger partial charge in [-0.15, -0.1) is 11.3 Å². The number of hydrogen-bond acceptors (Lipinski definition) is 3. The molecule has 1 aromatic heterocycles. The lowest BCUT2D eigenvalue weighted by atomic mass is 9.90. The fourth-order valence-electron chi connectivity index (χ4n) is 2.66. The summed E-state index contributed by atoms with van der Waals surface area (Å²) in [4.78, 5) is 14.1. The van der Waals surface area contributed by atoms with Gasteiger partial charge in [-0.2, -0.15) is 5.10 Å². The highest BCUT2D eigenvalue weighted by Crippen LogP contribution is 2.32. The first-order valence-corrected chi connectivity index (χ1v) is 8.63. The number of nitrogens with one attached hydrogen (secondary N) is 1. The summed E-state index contributed by atoms with van der Waals surface area (Å²) in [5.41, 5.74) is 3.86. The molecule has 0 spiro atoms. The van der Waals surface area contributed by atoms with Crippen molar-refractivity contribution in [3.8, 4) is 0 Å². The van der Waals surface area contributed by atoms with Crippen LogP contribution in [-0.2, 0) is 12.8 Å². The number of aryl methyl sites for hydroxylation is 1. The van der Waals surface area contributed by atoms with E-state index in [1.54, 1.807) is 6.07 Å². The molecule has 120 valence electrons. The third-order valence-electron chi connectivity index (χ3n) is 3.91. The predicted octanol–water partition coefficient (Wildman–Crippen LogP) is 4.43. The highest BCUT2D eigenvalue weighted by atomic mass is 35.5. The number of carbonyl (C=O) groups excluding carboxylic acids is 1. The first kappa shape index (κ1) is 16.1. The summed E-state index contributed by atoms with van der Waals surface area (Å²) in [5, 5.41) is 4.07. The number of thiophene rings is 1. The lowest BCUT2D eigenvalue weighted by Gasteiger charge is -2.16. The molecule has 1 aliphatic carbocycles. The molecule has 0 radical (unpaired) electrons. The number of fused-ring (bicyclic) bond motifs is 1. The number of amides is 1. The van der Waals surface area contributed by atoms with Crippen LogP contribution in [0.3, 0.4) is 0 Å². The second-order valence-electron chi connectivity index (χ2n) is 5.74. The Morgan fingerprint density at radius 2 is 2.35 bits per heavy atom. The minimum absolute atomic E-state index is 0.161. The molecule has 1 aromatic carbocycles. The van der Waals surface area contributed by atoms with Crippen molar-refractivity contribution in [3.05, 3.63) is 56.0 Å². The van der Waals surface area contributed by atoms with Gasteiger partial charge >= 0.3 is 0 Å². The summed E-state index contributed by atoms with van der Waals surface area (Å²) >= 11 is 7.41. The first-order chi connectivity index (χ1) is 11.0. The van der Waals surface area contributed by atoms with E-state index >= 15 is 0 Å². The number of halogens is 2. The van der Waals surface area contributed by atoms with Crippen molar-refractivity contribution in [2.75, 3.05) is 0 Å². The van der Waals surface area contributed by atoms with Crippen LogP contribution in [0.4, 0.5) is 4.39 Å². The highest BCUT2D eigenvalue weighted by molar-refractivity contribution is 7.14. The number of benzene rings is 1. The summed E-state index contributed by atoms with van der Waals surface area (Å²) < 4.78 is 13.6. The molecule has 0 saturated heterocycles. The zero-order chi connectivity index (χ0) is 16.4. The minimum atomic E-state index is -0.476. The van der Waals surface area contributed by atoms with Crippen LogP contribution < -0.4 is 5.43 Å². The third-order valence-corrected chi connectivity index (χ3v) is 5.48. The molecule has 2 aromatic rings. The molecule has 0 fully saturated rings. The zero-order valence-corrected chi connectivity index (χ0v) is 14.2. The van der Waals surface area contributed by atoms with Crippen LogP contribution in [0.25, 0.3) is 0 Å². The van der Waals surface area contributed by atoms with E-state index in [1.807, 2.05) is 6.07 Å². The van der Waals surface area contributed by atoms with E-state index in [4.69, 9.17) is 11.6 Å². The van der Waals surface area contributed by atoms with Crippen molar-refractivity contribution in [2.45, 2.75) is 26.2 Å². The molecule has 0 bridgehead atoms. The molecule has 3 nitrogen and oxygen atoms in total. The summed E-state index contributed by atoms with van der Waals surface area (Å²) in [6.07, 6.45) is 4.44. The van der Waals surface area contributed by atoms with Crippen LogP contribution in [0.15, 0.2) is 29.4 Å². The van der Waals surface area contributed by atoms with Crippen LogP contribution >= 0.6 is 22.9 Å². The average Bonchev–Trinajstić information content (AvgIpc) is 2.93. The summed E-state index contributed by atoms with van der Waals surface area (Å²) in [7, 11) is 0. The van der Waals surface area contributed by atoms with Crippen LogP contribution in [0, 0.1) is 11.7 Å². The molecule has 6 heteroatoms. The Morgan fingerprint density at radius 1 is 1.52 bits per heavy atom. The van der Waals surface area contributed by atoms with Gasteiger partial charge in [0.05, 0.1) is 16.1 Å². The van der Waals surface area contributed by atoms with E-state index in [1.165, 1.54) is 46.5 Å². The molecular weight excluding hydrogens is 335 g/mol. The van der Waals surface area contributed by atoms with Gasteiger partial charge in [-0.1, -0.05) is 24.6 Å². The number of nitrogens with zero attached hydrogens (tertiary/aromatic N) is 1. The van der Waals surface area contributed by atoms with Crippen molar-refractivity contribution in [1.29, 1.82) is 0 Å². The summed E-state index contributed by atoms with van der Waals surface area (Å²) in [6, 6.07) is 6.33. The quantitative estimate of drug-likeness (QED) is 0.645. The number of hydrogen-bond donors (Lipinski definition) is 1. The van der Waals surface area contributed by atoms with E-state index < -0.39 is 5.82 Å². The van der Waals surface area contributed by atoms with Crippen molar-refractivity contribution in [3.63, 3.8) is 0 Å². The molecular formula is C17H16ClFN2OS. The fourth-order valence-corrected chi connectivity index (χ4v) is 3.97. The lowest BCUT2D eigenvalue weighted by Crippen LogP contribution is -2.16. The molecule has 1 N–H and O–H groups in total. The Morgan fingerprint density at radius 3 is 3.13 bits per heavy atom. The van der Waals surface area contributed by atoms with Gasteiger partial charge in [-0.05, 0) is 48.9 Å². The predicted molar refractivity (Wildman–Crippen MR) is 92.0 cm³/mol. The maximum Gasteiger partial charge on any atom is 0.281 e. The molecule has 0 aliphatic heterocycles. The van der Waals surface area contributed by atoms with E-state index in [0.29, 0.717) is 10.8 Å². The number of carbonyl (C=O) groups is 1. The molecule has 23 heavy (non-hydrogen) atoms. The standard InChI is InChI=1S/C17H16ClFN2OS/c1-10-5-6-15-11(7-10)8-16(23-15)17(22)21-20-9-12-13(18)3-2-4-14(12)19/h2-4,8-10H,5-7H2,1H3,(H,21,22)/b20-9-/t10-/m1/s1. The van der Waals surface area contributed by atoms with Gasteiger partial charge in [0.15, 0.2) is 0 Å². The van der Waals surface area contributed by atoms with Crippen LogP contribution in [0.1, 0.15) is 39.0 Å². The van der Waals surface area contributed by atoms with E-state index in [2.05, 4.69) is 17.5 Å². The Bertz CT molecular complexity index is 752. The van der Waals surface area contributed by atoms with Gasteiger partial charge < -0.3 is 0 Å². The maximum absolute atomic E-state index is 13.6. The molecule has 1 amide bonds. The van der Waals surface area contributed by atoms with E-state index in [-0.39, 0.29) is 16.5 Å². The van der Waals surface area contributed by atoms with Gasteiger partial charge in [0, 0.05) is 10.4 Å². The maximum atomic E-state index is 13.6. The summed E-state index contributed by atoms with van der Waals surface area (Å²) in [5.74, 6) is -0.0916. The first-order valence-electron chi connectivity index (χ1n) is 7.43. The molecule has 0 unspecified atom stereocenters. The number of hydrazone groups is 1. The van der Waals surface area contributed by atoms with Crippen LogP contribution in [0.5, 0.6) is 0 Å². The minimum Gasteiger partial charge on any atom is -0.266 e. The number of rotatable bonds is 3. The van der Waals surface area contributed by atoms with E-state index in [9.17, 15) is 9.18 Å². The second kappa shape index (κ2) is 6.81. The largest absolute Gasteiger partial charge is 0.281 e. The van der Waals surface area contributed by atoms with Gasteiger partial charge in [0.1, 0.15) is 5.82 Å². The third kappa shape index (κ3) is 3.62. The SMILES string of the molecule is C[C@@H]1CCc2sc(C(=O)N/N=C\c3c(F)cccc3Cl)cc2C1. The van der Waals surface area contributed by atoms with Gasteiger partial charge in [0.2, 0.25) is 0 Å². The van der Waals surface area contributed by atoms with Crippen molar-refractivity contribution >= 4 is 35.1 Å². The highest BCUT2D eigenvalue weighted by Gasteiger charge is 2.20. The molecule has 1 heterocycles. The Kier molecular flexibility index (Phi) is 4.78. The van der Waals surface area contributed by atoms with Crippen LogP contribution in [0.2, 0.25) is 5.02 Å². The zero-order valence-electron chi connectivity index (χ0n) is 12.6. The van der Waals surface area contributed by atoms with Crippen molar-refractivity contribution in [2.24, 2.45) is 11.0 Å². The Balaban J connectivity index is 1.69. The van der Waals surface area contributed by atoms with Gasteiger partial charge in [0.25, 0.3) is 5.91 Å². The Hall–Kier alpha value is -1.72.